The molecule has 0 aliphatic rings. The van der Waals surface area contributed by atoms with Crippen LogP contribution in [0.1, 0.15) is 5.56 Å². The molecule has 0 saturated heterocycles. The Balaban J connectivity index is 0.709. The Kier molecular flexibility index (Phi) is 13.5. The summed E-state index contributed by atoms with van der Waals surface area (Å²) in [5.41, 5.74) is 26.8. The van der Waals surface area contributed by atoms with E-state index in [0.29, 0.717) is 67.9 Å². The first kappa shape index (κ1) is 52.7. The monoisotopic (exact) mass is 1130 g/mol. The van der Waals surface area contributed by atoms with E-state index in [2.05, 4.69) is 62.6 Å². The number of pyridine rings is 3. The first-order chi connectivity index (χ1) is 40.6. The average molecular weight is 1130 g/mol. The summed E-state index contributed by atoms with van der Waals surface area (Å²) in [6.45, 7) is 0. The molecular weight excluding hydrogens is 1080 g/mol. The summed E-state index contributed by atoms with van der Waals surface area (Å²) in [6, 6.07) is 47.1. The third-order valence-corrected chi connectivity index (χ3v) is 13.6. The van der Waals surface area contributed by atoms with Crippen molar-refractivity contribution in [3.63, 3.8) is 0 Å². The zero-order valence-corrected chi connectivity index (χ0v) is 43.8. The van der Waals surface area contributed by atoms with Crippen molar-refractivity contribution < 1.29 is 32.3 Å². The number of nitrogens with two attached hydrogens (primary N) is 3. The van der Waals surface area contributed by atoms with Crippen LogP contribution in [0.15, 0.2) is 182 Å². The minimum atomic E-state index is -4.87. The van der Waals surface area contributed by atoms with Gasteiger partial charge in [-0.25, -0.2) is 18.9 Å². The van der Waals surface area contributed by atoms with Crippen LogP contribution >= 0.6 is 0 Å². The number of amides is 6. The lowest BCUT2D eigenvalue weighted by Crippen LogP contribution is -2.22. The molecule has 0 spiro atoms. The normalized spacial score (nSPS) is 11.4. The summed E-state index contributed by atoms with van der Waals surface area (Å²) >= 11 is 0. The van der Waals surface area contributed by atoms with Crippen molar-refractivity contribution in [1.82, 2.24) is 44.0 Å². The van der Waals surface area contributed by atoms with Crippen LogP contribution in [0.25, 0.3) is 72.7 Å². The highest BCUT2D eigenvalue weighted by molar-refractivity contribution is 6.02. The lowest BCUT2D eigenvalue weighted by Gasteiger charge is -2.17. The van der Waals surface area contributed by atoms with Crippen LogP contribution < -0.4 is 53.8 Å². The van der Waals surface area contributed by atoms with Gasteiger partial charge in [0, 0.05) is 46.3 Å². The molecular formula is C59H45F3N18O4. The molecule has 0 aliphatic heterocycles. The molecule has 0 bridgehead atoms. The maximum atomic E-state index is 14.8. The Hall–Kier alpha value is -12.0. The van der Waals surface area contributed by atoms with E-state index < -0.39 is 35.5 Å². The molecule has 0 fully saturated rings. The number of aromatic nitrogens is 9. The van der Waals surface area contributed by atoms with Gasteiger partial charge in [-0.2, -0.15) is 13.2 Å². The van der Waals surface area contributed by atoms with E-state index >= 15 is 0 Å². The van der Waals surface area contributed by atoms with Crippen molar-refractivity contribution in [3.05, 3.63) is 188 Å². The van der Waals surface area contributed by atoms with Crippen molar-refractivity contribution in [2.24, 2.45) is 0 Å². The van der Waals surface area contributed by atoms with E-state index in [1.807, 2.05) is 42.5 Å². The van der Waals surface area contributed by atoms with Crippen LogP contribution in [0, 0.1) is 0 Å². The minimum Gasteiger partial charge on any atom is -0.497 e. The van der Waals surface area contributed by atoms with Crippen molar-refractivity contribution in [1.29, 1.82) is 0 Å². The summed E-state index contributed by atoms with van der Waals surface area (Å²) in [5, 5.41) is 40.7. The number of hydrogen-bond acceptors (Lipinski definition) is 13. The molecule has 6 heterocycles. The lowest BCUT2D eigenvalue weighted by molar-refractivity contribution is -0.136. The molecule has 0 unspecified atom stereocenters. The van der Waals surface area contributed by atoms with Crippen LogP contribution in [0.5, 0.6) is 5.75 Å². The van der Waals surface area contributed by atoms with Gasteiger partial charge >= 0.3 is 24.3 Å². The number of fused-ring (bicyclic) bond motifs is 3. The summed E-state index contributed by atoms with van der Waals surface area (Å²) in [4.78, 5) is 39.3. The van der Waals surface area contributed by atoms with Gasteiger partial charge in [-0.3, -0.25) is 8.80 Å². The van der Waals surface area contributed by atoms with Gasteiger partial charge in [0.2, 0.25) is 11.9 Å². The number of nitrogens with one attached hydrogen (secondary N) is 6. The van der Waals surface area contributed by atoms with Crippen LogP contribution in [0.3, 0.4) is 0 Å². The zero-order chi connectivity index (χ0) is 58.2. The molecule has 6 amide bonds. The van der Waals surface area contributed by atoms with Gasteiger partial charge in [-0.1, -0.05) is 71.9 Å². The number of rotatable bonds is 12. The number of hydrogen-bond donors (Lipinski definition) is 9. The van der Waals surface area contributed by atoms with E-state index in [4.69, 9.17) is 21.9 Å². The van der Waals surface area contributed by atoms with Gasteiger partial charge in [-0.05, 0) is 142 Å². The largest absolute Gasteiger partial charge is 0.497 e. The number of benzene rings is 6. The first-order valence-electron chi connectivity index (χ1n) is 25.5. The van der Waals surface area contributed by atoms with Gasteiger partial charge in [0.1, 0.15) is 11.3 Å². The number of anilines is 9. The van der Waals surface area contributed by atoms with E-state index in [0.717, 1.165) is 33.9 Å². The summed E-state index contributed by atoms with van der Waals surface area (Å²) in [5.74, 6) is 1.07. The third kappa shape index (κ3) is 10.8. The highest BCUT2D eigenvalue weighted by Gasteiger charge is 2.35. The van der Waals surface area contributed by atoms with E-state index in [1.165, 1.54) is 12.1 Å². The van der Waals surface area contributed by atoms with Crippen molar-refractivity contribution >= 4 is 86.7 Å². The molecule has 12 rings (SSSR count). The number of methoxy groups -OCH3 is 1. The number of ether oxygens (including phenoxy) is 1. The number of urea groups is 3. The van der Waals surface area contributed by atoms with E-state index in [1.54, 1.807) is 142 Å². The smallest absolute Gasteiger partial charge is 0.418 e. The Labute approximate surface area is 473 Å². The number of nitrogens with zero attached hydrogens (tertiary/aromatic N) is 9. The number of halogens is 3. The predicted molar refractivity (Wildman–Crippen MR) is 315 cm³/mol. The SMILES string of the molecule is COc1cccc(NC(=O)Nc2ccc(-c3cc(-c4ccc(NC(=O)Nc5ccc(-c6cc(-c7ccc(NC(=O)Nc8ccc(-c9cccn%10nnc(N)c9%10)cc8)c(C(F)(F)F)c7)cc7nnc(N)n67)cc5)cc4)cc4nnc(N)n34)cc2)c1. The fourth-order valence-electron chi connectivity index (χ4n) is 9.61. The van der Waals surface area contributed by atoms with Crippen LogP contribution in [0.2, 0.25) is 0 Å². The van der Waals surface area contributed by atoms with Crippen molar-refractivity contribution in [3.8, 4) is 61.6 Å². The van der Waals surface area contributed by atoms with Gasteiger partial charge in [0.05, 0.1) is 29.7 Å². The Morgan fingerprint density at radius 2 is 0.940 bits per heavy atom. The maximum absolute atomic E-state index is 14.8. The highest BCUT2D eigenvalue weighted by atomic mass is 19.4. The van der Waals surface area contributed by atoms with Crippen LogP contribution in [-0.2, 0) is 6.18 Å². The number of carbonyl (C=O) groups is 3. The molecule has 0 saturated carbocycles. The van der Waals surface area contributed by atoms with Crippen LogP contribution in [-0.4, -0.2) is 69.2 Å². The summed E-state index contributed by atoms with van der Waals surface area (Å²) in [6.07, 6.45) is -3.16. The maximum Gasteiger partial charge on any atom is 0.418 e. The van der Waals surface area contributed by atoms with Gasteiger partial charge in [0.25, 0.3) is 0 Å². The molecule has 25 heteroatoms. The fraction of sp³-hybridized carbons (Fsp3) is 0.0339. The molecule has 12 aromatic rings. The topological polar surface area (TPSA) is 301 Å². The second-order valence-electron chi connectivity index (χ2n) is 19.0. The average Bonchev–Trinajstić information content (AvgIpc) is 2.97. The molecule has 416 valence electrons. The summed E-state index contributed by atoms with van der Waals surface area (Å²) < 4.78 is 54.4. The van der Waals surface area contributed by atoms with E-state index in [-0.39, 0.29) is 28.9 Å². The Morgan fingerprint density at radius 1 is 0.464 bits per heavy atom. The highest BCUT2D eigenvalue weighted by Crippen LogP contribution is 2.40. The van der Waals surface area contributed by atoms with E-state index in [9.17, 15) is 27.6 Å². The third-order valence-electron chi connectivity index (χ3n) is 13.6. The second kappa shape index (κ2) is 21.6. The fourth-order valence-corrected chi connectivity index (χ4v) is 9.61. The number of nitrogen functional groups attached to an aromatic ring is 3. The molecule has 0 aliphatic carbocycles. The standard InChI is InChI=1S/C59H45F3N18O4/c1-84-44-5-2-4-43(31-44)70-57(82)68-42-22-11-34(12-23-42)48-27-37(29-50-72-75-54(64)79(48)50)32-7-16-39(17-8-32)66-56(81)67-41-20-13-35(14-21-41)49-28-38(30-51-73-76-55(65)80(49)51)36-15-24-47(46(26-36)59(60,61)62)71-58(83)69-40-18-9-33(10-19-40)45-6-3-25-78-52(45)53(63)74-77-78/h2-31H,63H2,1H3,(H2,64,75)(H2,65,76)(H2,66,67,81)(H2,68,70,82)(H2,69,71,83). The van der Waals surface area contributed by atoms with Gasteiger partial charge < -0.3 is 53.8 Å². The first-order valence-corrected chi connectivity index (χ1v) is 25.5. The quantitative estimate of drug-likeness (QED) is 0.0550. The second-order valence-corrected chi connectivity index (χ2v) is 19.0. The summed E-state index contributed by atoms with van der Waals surface area (Å²) in [7, 11) is 1.55. The lowest BCUT2D eigenvalue weighted by atomic mass is 9.99. The predicted octanol–water partition coefficient (Wildman–Crippen LogP) is 11.9. The molecule has 0 atom stereocenters. The van der Waals surface area contributed by atoms with Crippen LogP contribution in [0.4, 0.5) is 79.4 Å². The Morgan fingerprint density at radius 3 is 1.46 bits per heavy atom. The zero-order valence-electron chi connectivity index (χ0n) is 43.8. The molecule has 0 radical (unpaired) electrons. The molecule has 84 heavy (non-hydrogen) atoms. The molecule has 22 nitrogen and oxygen atoms in total. The van der Waals surface area contributed by atoms with Crippen molar-refractivity contribution in [2.75, 3.05) is 56.2 Å². The minimum absolute atomic E-state index is 0.0332. The number of carbonyl (C=O) groups excluding carboxylic acids is 3. The van der Waals surface area contributed by atoms with Gasteiger partial charge in [0.15, 0.2) is 17.1 Å². The Bertz CT molecular complexity index is 4510. The van der Waals surface area contributed by atoms with Gasteiger partial charge in [-0.15, -0.1) is 25.5 Å². The van der Waals surface area contributed by atoms with Crippen molar-refractivity contribution in [2.45, 2.75) is 6.18 Å². The number of alkyl halides is 3. The molecule has 6 aromatic carbocycles. The molecule has 6 aromatic heterocycles. The molecule has 12 N–H and O–H groups in total.